The first-order valence-corrected chi connectivity index (χ1v) is 8.26. The van der Waals surface area contributed by atoms with Gasteiger partial charge < -0.3 is 9.64 Å². The number of carbonyl (C=O) groups is 1. The standard InChI is InChI=1S/C17H15N3O2S/c21-17(13-6-7-16-14(10-13)18-19-23-16)20-8-9-22-15(11-20)12-4-2-1-3-5-12/h1-7,10,15H,8-9,11H2. The van der Waals surface area contributed by atoms with E-state index in [4.69, 9.17) is 4.74 Å². The minimum atomic E-state index is -0.0708. The molecule has 4 rings (SSSR count). The average molecular weight is 325 g/mol. The van der Waals surface area contributed by atoms with Crippen LogP contribution in [-0.4, -0.2) is 40.1 Å². The van der Waals surface area contributed by atoms with E-state index in [9.17, 15) is 4.79 Å². The molecule has 5 nitrogen and oxygen atoms in total. The Balaban J connectivity index is 1.55. The van der Waals surface area contributed by atoms with Gasteiger partial charge in [-0.25, -0.2) is 0 Å². The van der Waals surface area contributed by atoms with Crippen molar-refractivity contribution >= 4 is 27.7 Å². The van der Waals surface area contributed by atoms with E-state index in [0.717, 1.165) is 15.8 Å². The van der Waals surface area contributed by atoms with Crippen LogP contribution in [0.3, 0.4) is 0 Å². The van der Waals surface area contributed by atoms with E-state index in [1.807, 2.05) is 53.4 Å². The number of fused-ring (bicyclic) bond motifs is 1. The highest BCUT2D eigenvalue weighted by Crippen LogP contribution is 2.24. The number of hydrogen-bond acceptors (Lipinski definition) is 5. The van der Waals surface area contributed by atoms with Crippen LogP contribution in [0.2, 0.25) is 0 Å². The van der Waals surface area contributed by atoms with Crippen LogP contribution in [0.1, 0.15) is 22.0 Å². The molecule has 1 saturated heterocycles. The first kappa shape index (κ1) is 14.3. The van der Waals surface area contributed by atoms with Gasteiger partial charge in [0.25, 0.3) is 5.91 Å². The summed E-state index contributed by atoms with van der Waals surface area (Å²) in [6.07, 6.45) is -0.0708. The zero-order chi connectivity index (χ0) is 15.6. The Labute approximate surface area is 137 Å². The van der Waals surface area contributed by atoms with Crippen molar-refractivity contribution < 1.29 is 9.53 Å². The van der Waals surface area contributed by atoms with Gasteiger partial charge in [0.2, 0.25) is 0 Å². The van der Waals surface area contributed by atoms with Gasteiger partial charge in [0, 0.05) is 12.1 Å². The van der Waals surface area contributed by atoms with Crippen molar-refractivity contribution in [3.05, 3.63) is 59.7 Å². The van der Waals surface area contributed by atoms with Crippen LogP contribution in [0.25, 0.3) is 10.2 Å². The van der Waals surface area contributed by atoms with Crippen molar-refractivity contribution in [1.82, 2.24) is 14.5 Å². The largest absolute Gasteiger partial charge is 0.370 e. The number of aromatic nitrogens is 2. The van der Waals surface area contributed by atoms with E-state index < -0.39 is 0 Å². The van der Waals surface area contributed by atoms with Gasteiger partial charge >= 0.3 is 0 Å². The number of benzene rings is 2. The molecule has 0 N–H and O–H groups in total. The highest BCUT2D eigenvalue weighted by molar-refractivity contribution is 7.12. The Kier molecular flexibility index (Phi) is 3.77. The minimum absolute atomic E-state index is 0.0177. The Morgan fingerprint density at radius 2 is 2.09 bits per heavy atom. The van der Waals surface area contributed by atoms with Crippen LogP contribution in [0.15, 0.2) is 48.5 Å². The molecule has 0 aliphatic carbocycles. The zero-order valence-electron chi connectivity index (χ0n) is 12.4. The van der Waals surface area contributed by atoms with Crippen LogP contribution in [0.4, 0.5) is 0 Å². The molecule has 0 spiro atoms. The molecule has 1 atom stereocenters. The minimum Gasteiger partial charge on any atom is -0.370 e. The maximum atomic E-state index is 12.8. The van der Waals surface area contributed by atoms with E-state index in [0.29, 0.717) is 25.3 Å². The fourth-order valence-electron chi connectivity index (χ4n) is 2.80. The molecule has 0 radical (unpaired) electrons. The summed E-state index contributed by atoms with van der Waals surface area (Å²) in [7, 11) is 0. The summed E-state index contributed by atoms with van der Waals surface area (Å²) < 4.78 is 10.7. The number of carbonyl (C=O) groups excluding carboxylic acids is 1. The molecule has 0 bridgehead atoms. The average Bonchev–Trinajstić information content (AvgIpc) is 3.09. The lowest BCUT2D eigenvalue weighted by Gasteiger charge is -2.33. The molecule has 1 fully saturated rings. The number of ether oxygens (including phenoxy) is 1. The van der Waals surface area contributed by atoms with Gasteiger partial charge in [-0.3, -0.25) is 4.79 Å². The lowest BCUT2D eigenvalue weighted by Crippen LogP contribution is -2.42. The summed E-state index contributed by atoms with van der Waals surface area (Å²) in [6, 6.07) is 15.6. The fourth-order valence-corrected chi connectivity index (χ4v) is 3.34. The Hall–Kier alpha value is -2.31. The highest BCUT2D eigenvalue weighted by atomic mass is 32.1. The zero-order valence-corrected chi connectivity index (χ0v) is 13.2. The Morgan fingerprint density at radius 3 is 2.96 bits per heavy atom. The summed E-state index contributed by atoms with van der Waals surface area (Å²) >= 11 is 1.33. The van der Waals surface area contributed by atoms with Crippen molar-refractivity contribution in [2.75, 3.05) is 19.7 Å². The van der Waals surface area contributed by atoms with Gasteiger partial charge in [0.15, 0.2) is 0 Å². The molecule has 1 aliphatic rings. The second kappa shape index (κ2) is 6.06. The first-order valence-electron chi connectivity index (χ1n) is 7.49. The maximum absolute atomic E-state index is 12.8. The molecule has 1 aliphatic heterocycles. The summed E-state index contributed by atoms with van der Waals surface area (Å²) in [6.45, 7) is 1.72. The van der Waals surface area contributed by atoms with Crippen LogP contribution in [0.5, 0.6) is 0 Å². The van der Waals surface area contributed by atoms with E-state index in [1.165, 1.54) is 11.5 Å². The molecular formula is C17H15N3O2S. The van der Waals surface area contributed by atoms with Crippen molar-refractivity contribution in [1.29, 1.82) is 0 Å². The molecule has 2 aromatic carbocycles. The van der Waals surface area contributed by atoms with Crippen molar-refractivity contribution in [2.45, 2.75) is 6.10 Å². The first-order chi connectivity index (χ1) is 11.3. The highest BCUT2D eigenvalue weighted by Gasteiger charge is 2.26. The Morgan fingerprint density at radius 1 is 1.22 bits per heavy atom. The molecule has 2 heterocycles. The second-order valence-electron chi connectivity index (χ2n) is 5.48. The van der Waals surface area contributed by atoms with Crippen LogP contribution in [-0.2, 0) is 4.74 Å². The molecule has 1 amide bonds. The number of nitrogens with zero attached hydrogens (tertiary/aromatic N) is 3. The number of morpholine rings is 1. The van der Waals surface area contributed by atoms with E-state index >= 15 is 0 Å². The van der Waals surface area contributed by atoms with Gasteiger partial charge in [-0.15, -0.1) is 5.10 Å². The predicted molar refractivity (Wildman–Crippen MR) is 88.5 cm³/mol. The van der Waals surface area contributed by atoms with Gasteiger partial charge in [0.1, 0.15) is 11.6 Å². The molecule has 6 heteroatoms. The van der Waals surface area contributed by atoms with Gasteiger partial charge in [-0.1, -0.05) is 34.8 Å². The van der Waals surface area contributed by atoms with Crippen LogP contribution in [0, 0.1) is 0 Å². The maximum Gasteiger partial charge on any atom is 0.254 e. The van der Waals surface area contributed by atoms with Crippen molar-refractivity contribution in [3.8, 4) is 0 Å². The summed E-state index contributed by atoms with van der Waals surface area (Å²) in [5.41, 5.74) is 2.52. The van der Waals surface area contributed by atoms with Gasteiger partial charge in [-0.05, 0) is 35.3 Å². The van der Waals surface area contributed by atoms with E-state index in [-0.39, 0.29) is 12.0 Å². The van der Waals surface area contributed by atoms with Crippen molar-refractivity contribution in [2.24, 2.45) is 0 Å². The molecular weight excluding hydrogens is 310 g/mol. The summed E-state index contributed by atoms with van der Waals surface area (Å²) in [5, 5.41) is 4.04. The molecule has 0 saturated carbocycles. The van der Waals surface area contributed by atoms with E-state index in [1.54, 1.807) is 0 Å². The third-order valence-corrected chi connectivity index (χ3v) is 4.72. The van der Waals surface area contributed by atoms with Gasteiger partial charge in [0.05, 0.1) is 17.9 Å². The number of amides is 1. The number of rotatable bonds is 2. The van der Waals surface area contributed by atoms with Crippen LogP contribution < -0.4 is 0 Å². The normalized spacial score (nSPS) is 18.3. The second-order valence-corrected chi connectivity index (χ2v) is 6.26. The smallest absolute Gasteiger partial charge is 0.254 e. The molecule has 1 unspecified atom stereocenters. The van der Waals surface area contributed by atoms with Crippen molar-refractivity contribution in [3.63, 3.8) is 0 Å². The summed E-state index contributed by atoms with van der Waals surface area (Å²) in [5.74, 6) is 0.0177. The predicted octanol–water partition coefficient (Wildman–Crippen LogP) is 2.91. The SMILES string of the molecule is O=C(c1ccc2snnc2c1)N1CCOC(c2ccccc2)C1. The Bertz CT molecular complexity index is 834. The quantitative estimate of drug-likeness (QED) is 0.727. The molecule has 1 aromatic heterocycles. The molecule has 116 valence electrons. The topological polar surface area (TPSA) is 55.3 Å². The fraction of sp³-hybridized carbons (Fsp3) is 0.235. The number of hydrogen-bond donors (Lipinski definition) is 0. The lowest BCUT2D eigenvalue weighted by atomic mass is 10.1. The lowest BCUT2D eigenvalue weighted by molar-refractivity contribution is -0.0228. The van der Waals surface area contributed by atoms with Crippen LogP contribution >= 0.6 is 11.5 Å². The molecule has 23 heavy (non-hydrogen) atoms. The monoisotopic (exact) mass is 325 g/mol. The third-order valence-electron chi connectivity index (χ3n) is 4.02. The third kappa shape index (κ3) is 2.83. The van der Waals surface area contributed by atoms with E-state index in [2.05, 4.69) is 9.59 Å². The van der Waals surface area contributed by atoms with Gasteiger partial charge in [-0.2, -0.15) is 0 Å². The molecule has 3 aromatic rings. The summed E-state index contributed by atoms with van der Waals surface area (Å²) in [4.78, 5) is 14.6.